The van der Waals surface area contributed by atoms with Crippen molar-refractivity contribution >= 4 is 29.2 Å². The number of hydrogen-bond donors (Lipinski definition) is 2. The summed E-state index contributed by atoms with van der Waals surface area (Å²) in [4.78, 5) is 39.4. The van der Waals surface area contributed by atoms with Crippen molar-refractivity contribution in [2.45, 2.75) is 40.0 Å². The third kappa shape index (κ3) is 4.94. The number of carbonyl (C=O) groups excluding carboxylic acids is 3. The quantitative estimate of drug-likeness (QED) is 0.799. The molecule has 2 rings (SSSR count). The van der Waals surface area contributed by atoms with Gasteiger partial charge in [-0.15, -0.1) is 11.3 Å². The van der Waals surface area contributed by atoms with E-state index in [1.807, 2.05) is 19.9 Å². The minimum absolute atomic E-state index is 0.220. The van der Waals surface area contributed by atoms with Crippen LogP contribution in [0, 0.1) is 12.8 Å². The molecule has 1 fully saturated rings. The molecule has 1 aliphatic rings. The van der Waals surface area contributed by atoms with Crippen LogP contribution >= 0.6 is 11.3 Å². The fourth-order valence-corrected chi connectivity index (χ4v) is 3.81. The number of rotatable bonds is 4. The molecule has 1 aromatic heterocycles. The molecule has 7 nitrogen and oxygen atoms in total. The molecule has 1 aliphatic heterocycles. The second kappa shape index (κ2) is 8.84. The van der Waals surface area contributed by atoms with Gasteiger partial charge in [-0.1, -0.05) is 6.92 Å². The molecule has 3 amide bonds. The van der Waals surface area contributed by atoms with E-state index in [-0.39, 0.29) is 23.8 Å². The van der Waals surface area contributed by atoms with E-state index in [0.29, 0.717) is 37.4 Å². The summed E-state index contributed by atoms with van der Waals surface area (Å²) in [7, 11) is 0. The summed E-state index contributed by atoms with van der Waals surface area (Å²) in [6, 6.07) is 1.84. The molecule has 138 valence electrons. The summed E-state index contributed by atoms with van der Waals surface area (Å²) in [5.74, 6) is -0.742. The summed E-state index contributed by atoms with van der Waals surface area (Å²) < 4.78 is 4.96. The van der Waals surface area contributed by atoms with Gasteiger partial charge in [0, 0.05) is 23.9 Å². The number of nitrogens with one attached hydrogen (secondary N) is 2. The molecule has 0 atom stereocenters. The van der Waals surface area contributed by atoms with Crippen molar-refractivity contribution in [1.82, 2.24) is 15.8 Å². The van der Waals surface area contributed by atoms with E-state index in [9.17, 15) is 14.4 Å². The summed E-state index contributed by atoms with van der Waals surface area (Å²) >= 11 is 1.44. The lowest BCUT2D eigenvalue weighted by molar-refractivity contribution is -0.127. The predicted molar refractivity (Wildman–Crippen MR) is 95.4 cm³/mol. The lowest BCUT2D eigenvalue weighted by Crippen LogP contribution is -2.48. The molecule has 0 saturated carbocycles. The van der Waals surface area contributed by atoms with Crippen LogP contribution in [0.1, 0.15) is 46.8 Å². The van der Waals surface area contributed by atoms with Gasteiger partial charge >= 0.3 is 6.09 Å². The summed E-state index contributed by atoms with van der Waals surface area (Å²) in [6.07, 6.45) is 1.65. The molecular weight excluding hydrogens is 342 g/mol. The van der Waals surface area contributed by atoms with Gasteiger partial charge in [0.25, 0.3) is 5.91 Å². The van der Waals surface area contributed by atoms with Gasteiger partial charge in [0.2, 0.25) is 5.91 Å². The minimum Gasteiger partial charge on any atom is -0.450 e. The lowest BCUT2D eigenvalue weighted by atomic mass is 9.96. The molecule has 0 bridgehead atoms. The zero-order chi connectivity index (χ0) is 18.4. The van der Waals surface area contributed by atoms with Gasteiger partial charge in [0.15, 0.2) is 0 Å². The maximum absolute atomic E-state index is 12.2. The van der Waals surface area contributed by atoms with Crippen molar-refractivity contribution in [2.24, 2.45) is 5.92 Å². The van der Waals surface area contributed by atoms with Crippen LogP contribution in [-0.4, -0.2) is 42.5 Å². The van der Waals surface area contributed by atoms with Crippen molar-refractivity contribution in [1.29, 1.82) is 0 Å². The largest absolute Gasteiger partial charge is 0.450 e. The Morgan fingerprint density at radius 3 is 2.48 bits per heavy atom. The van der Waals surface area contributed by atoms with Crippen molar-refractivity contribution in [3.05, 3.63) is 21.4 Å². The Bertz CT molecular complexity index is 636. The first-order chi connectivity index (χ1) is 12.0. The molecule has 2 heterocycles. The first kappa shape index (κ1) is 19.2. The topological polar surface area (TPSA) is 87.7 Å². The Morgan fingerprint density at radius 1 is 1.24 bits per heavy atom. The number of thiophene rings is 1. The normalized spacial score (nSPS) is 14.9. The van der Waals surface area contributed by atoms with Gasteiger partial charge in [-0.05, 0) is 44.7 Å². The van der Waals surface area contributed by atoms with Gasteiger partial charge in [-0.25, -0.2) is 4.79 Å². The highest BCUT2D eigenvalue weighted by atomic mass is 32.1. The number of ether oxygens (including phenoxy) is 1. The zero-order valence-corrected chi connectivity index (χ0v) is 15.7. The Labute approximate surface area is 151 Å². The van der Waals surface area contributed by atoms with E-state index in [0.717, 1.165) is 12.0 Å². The number of nitrogens with zero attached hydrogens (tertiary/aromatic N) is 1. The zero-order valence-electron chi connectivity index (χ0n) is 14.9. The SMILES string of the molecule is CCOC(=O)N1CCC(C(=O)NNC(=O)c2cc(C)c(CC)s2)CC1. The molecule has 1 saturated heterocycles. The van der Waals surface area contributed by atoms with Gasteiger partial charge in [-0.2, -0.15) is 0 Å². The average molecular weight is 367 g/mol. The highest BCUT2D eigenvalue weighted by Gasteiger charge is 2.28. The van der Waals surface area contributed by atoms with Crippen LogP contribution in [0.5, 0.6) is 0 Å². The van der Waals surface area contributed by atoms with Crippen LogP contribution in [0.2, 0.25) is 0 Å². The molecule has 8 heteroatoms. The van der Waals surface area contributed by atoms with Crippen LogP contribution in [0.4, 0.5) is 4.79 Å². The molecule has 25 heavy (non-hydrogen) atoms. The first-order valence-electron chi connectivity index (χ1n) is 8.57. The number of likely N-dealkylation sites (tertiary alicyclic amines) is 1. The van der Waals surface area contributed by atoms with Crippen LogP contribution in [0.15, 0.2) is 6.07 Å². The fourth-order valence-electron chi connectivity index (χ4n) is 2.80. The standard InChI is InChI=1S/C17H25N3O4S/c1-4-13-11(3)10-14(25-13)16(22)19-18-15(21)12-6-8-20(9-7-12)17(23)24-5-2/h10,12H,4-9H2,1-3H3,(H,18,21)(H,19,22). The van der Waals surface area contributed by atoms with Crippen molar-refractivity contribution in [3.8, 4) is 0 Å². The molecule has 1 aromatic rings. The van der Waals surface area contributed by atoms with Crippen LogP contribution in [0.3, 0.4) is 0 Å². The minimum atomic E-state index is -0.338. The molecule has 0 unspecified atom stereocenters. The van der Waals surface area contributed by atoms with Crippen molar-refractivity contribution in [3.63, 3.8) is 0 Å². The molecule has 0 aliphatic carbocycles. The van der Waals surface area contributed by atoms with Gasteiger partial charge in [-0.3, -0.25) is 20.4 Å². The summed E-state index contributed by atoms with van der Waals surface area (Å²) in [6.45, 7) is 7.09. The van der Waals surface area contributed by atoms with E-state index in [2.05, 4.69) is 10.9 Å². The average Bonchev–Trinajstić information content (AvgIpc) is 3.00. The number of aryl methyl sites for hydroxylation is 2. The van der Waals surface area contributed by atoms with E-state index in [1.165, 1.54) is 16.2 Å². The summed E-state index contributed by atoms with van der Waals surface area (Å²) in [5.41, 5.74) is 6.07. The Kier molecular flexibility index (Phi) is 6.81. The van der Waals surface area contributed by atoms with Gasteiger partial charge in [0.1, 0.15) is 0 Å². The highest BCUT2D eigenvalue weighted by Crippen LogP contribution is 2.22. The number of carbonyl (C=O) groups is 3. The second-order valence-corrected chi connectivity index (χ2v) is 7.11. The van der Waals surface area contributed by atoms with E-state index >= 15 is 0 Å². The highest BCUT2D eigenvalue weighted by molar-refractivity contribution is 7.14. The first-order valence-corrected chi connectivity index (χ1v) is 9.39. The molecule has 0 radical (unpaired) electrons. The smallest absolute Gasteiger partial charge is 0.409 e. The molecule has 2 N–H and O–H groups in total. The van der Waals surface area contributed by atoms with Crippen LogP contribution in [0.25, 0.3) is 0 Å². The van der Waals surface area contributed by atoms with Gasteiger partial charge in [0.05, 0.1) is 11.5 Å². The van der Waals surface area contributed by atoms with Crippen LogP contribution < -0.4 is 10.9 Å². The van der Waals surface area contributed by atoms with Crippen molar-refractivity contribution in [2.75, 3.05) is 19.7 Å². The van der Waals surface area contributed by atoms with Gasteiger partial charge < -0.3 is 9.64 Å². The third-order valence-electron chi connectivity index (χ3n) is 4.26. The Hall–Kier alpha value is -2.09. The lowest BCUT2D eigenvalue weighted by Gasteiger charge is -2.30. The fraction of sp³-hybridized carbons (Fsp3) is 0.588. The molecular formula is C17H25N3O4S. The molecule has 0 aromatic carbocycles. The number of amides is 3. The van der Waals surface area contributed by atoms with E-state index < -0.39 is 0 Å². The maximum Gasteiger partial charge on any atom is 0.409 e. The number of piperidine rings is 1. The van der Waals surface area contributed by atoms with Crippen LogP contribution in [-0.2, 0) is 16.0 Å². The maximum atomic E-state index is 12.2. The van der Waals surface area contributed by atoms with E-state index in [1.54, 1.807) is 11.8 Å². The summed E-state index contributed by atoms with van der Waals surface area (Å²) in [5, 5.41) is 0. The van der Waals surface area contributed by atoms with Crippen molar-refractivity contribution < 1.29 is 19.1 Å². The Balaban J connectivity index is 1.79. The second-order valence-electron chi connectivity index (χ2n) is 5.97. The third-order valence-corrected chi connectivity index (χ3v) is 5.64. The Morgan fingerprint density at radius 2 is 1.92 bits per heavy atom. The number of hydrogen-bond acceptors (Lipinski definition) is 5. The molecule has 0 spiro atoms. The van der Waals surface area contributed by atoms with E-state index in [4.69, 9.17) is 4.74 Å². The predicted octanol–water partition coefficient (Wildman–Crippen LogP) is 2.25. The number of hydrazine groups is 1. The monoisotopic (exact) mass is 367 g/mol.